The summed E-state index contributed by atoms with van der Waals surface area (Å²) >= 11 is 0. The second-order valence-electron chi connectivity index (χ2n) is 11.2. The summed E-state index contributed by atoms with van der Waals surface area (Å²) in [5.41, 5.74) is 11.4. The molecule has 2 amide bonds. The second kappa shape index (κ2) is 15.8. The average Bonchev–Trinajstić information content (AvgIpc) is 3.41. The predicted octanol–water partition coefficient (Wildman–Crippen LogP) is 7.23. The molecule has 1 unspecified atom stereocenters. The Kier molecular flexibility index (Phi) is 11.7. The van der Waals surface area contributed by atoms with Gasteiger partial charge in [0.25, 0.3) is 5.91 Å². The van der Waals surface area contributed by atoms with Crippen molar-refractivity contribution in [1.82, 2.24) is 5.32 Å². The number of allylic oxidation sites excluding steroid dienone is 1. The number of rotatable bonds is 15. The van der Waals surface area contributed by atoms with Gasteiger partial charge in [0, 0.05) is 37.2 Å². The number of amides is 2. The van der Waals surface area contributed by atoms with E-state index in [0.29, 0.717) is 30.5 Å². The van der Waals surface area contributed by atoms with Crippen LogP contribution in [0.5, 0.6) is 0 Å². The Morgan fingerprint density at radius 1 is 0.932 bits per heavy atom. The standard InChI is InChI=1S/C36H43FN4O3/c1-3-41(4-2)29-17-13-26(14-18-29)36(44)40-33-21-15-27-23-25(12-20-31(27)33)11-19-30(42)9-7-5-6-8-10-35(43)39-34-22-16-28(37)24-32(34)38/h11-14,16-20,22-24,33H,3-10,15,21,38H2,1-2H3,(H,39,43)(H,40,44). The molecule has 0 bridgehead atoms. The minimum Gasteiger partial charge on any atom is -0.397 e. The number of nitrogens with one attached hydrogen (secondary N) is 2. The van der Waals surface area contributed by atoms with Gasteiger partial charge in [-0.15, -0.1) is 0 Å². The van der Waals surface area contributed by atoms with Crippen molar-refractivity contribution in [3.63, 3.8) is 0 Å². The van der Waals surface area contributed by atoms with Crippen LogP contribution in [0.3, 0.4) is 0 Å². The number of carbonyl (C=O) groups is 3. The number of nitrogens with two attached hydrogens (primary N) is 1. The van der Waals surface area contributed by atoms with Crippen LogP contribution in [0.2, 0.25) is 0 Å². The number of anilines is 3. The molecule has 0 fully saturated rings. The maximum Gasteiger partial charge on any atom is 0.251 e. The van der Waals surface area contributed by atoms with Gasteiger partial charge in [-0.3, -0.25) is 14.4 Å². The highest BCUT2D eigenvalue weighted by molar-refractivity contribution is 5.95. The van der Waals surface area contributed by atoms with Gasteiger partial charge >= 0.3 is 0 Å². The Hall–Kier alpha value is -4.46. The van der Waals surface area contributed by atoms with Crippen LogP contribution in [-0.2, 0) is 16.0 Å². The number of carbonyl (C=O) groups excluding carboxylic acids is 3. The van der Waals surface area contributed by atoms with Crippen molar-refractivity contribution in [1.29, 1.82) is 0 Å². The first-order valence-electron chi connectivity index (χ1n) is 15.6. The highest BCUT2D eigenvalue weighted by Gasteiger charge is 2.24. The molecule has 0 spiro atoms. The van der Waals surface area contributed by atoms with Crippen LogP contribution in [-0.4, -0.2) is 30.7 Å². The average molecular weight is 599 g/mol. The van der Waals surface area contributed by atoms with Crippen LogP contribution in [0.25, 0.3) is 6.08 Å². The Bertz CT molecular complexity index is 1480. The second-order valence-corrected chi connectivity index (χ2v) is 11.2. The zero-order valence-electron chi connectivity index (χ0n) is 25.7. The maximum absolute atomic E-state index is 13.1. The molecule has 3 aromatic rings. The van der Waals surface area contributed by atoms with E-state index in [9.17, 15) is 18.8 Å². The molecule has 0 heterocycles. The Labute approximate surface area is 259 Å². The summed E-state index contributed by atoms with van der Waals surface area (Å²) in [5.74, 6) is -0.596. The largest absolute Gasteiger partial charge is 0.397 e. The highest BCUT2D eigenvalue weighted by Crippen LogP contribution is 2.32. The number of aryl methyl sites for hydroxylation is 1. The number of benzene rings is 3. The zero-order chi connectivity index (χ0) is 31.5. The van der Waals surface area contributed by atoms with Crippen LogP contribution in [0.15, 0.2) is 66.7 Å². The lowest BCUT2D eigenvalue weighted by Crippen LogP contribution is -2.27. The molecule has 3 aromatic carbocycles. The number of fused-ring (bicyclic) bond motifs is 1. The van der Waals surface area contributed by atoms with E-state index in [1.165, 1.54) is 23.8 Å². The van der Waals surface area contributed by atoms with Crippen molar-refractivity contribution in [3.8, 4) is 0 Å². The minimum atomic E-state index is -0.443. The predicted molar refractivity (Wildman–Crippen MR) is 176 cm³/mol. The number of nitrogen functional groups attached to an aromatic ring is 1. The molecular formula is C36H43FN4O3. The first-order chi connectivity index (χ1) is 21.3. The summed E-state index contributed by atoms with van der Waals surface area (Å²) in [4.78, 5) is 39.7. The molecule has 4 N–H and O–H groups in total. The monoisotopic (exact) mass is 598 g/mol. The molecule has 4 rings (SSSR count). The first kappa shape index (κ1) is 32.5. The summed E-state index contributed by atoms with van der Waals surface area (Å²) in [6, 6.07) is 17.8. The quantitative estimate of drug-likeness (QED) is 0.0972. The van der Waals surface area contributed by atoms with Crippen molar-refractivity contribution >= 4 is 40.7 Å². The van der Waals surface area contributed by atoms with Gasteiger partial charge in [-0.25, -0.2) is 4.39 Å². The van der Waals surface area contributed by atoms with Gasteiger partial charge in [0.05, 0.1) is 17.4 Å². The Balaban J connectivity index is 1.16. The van der Waals surface area contributed by atoms with Crippen molar-refractivity contribution in [2.24, 2.45) is 0 Å². The maximum atomic E-state index is 13.1. The number of nitrogens with zero attached hydrogens (tertiary/aromatic N) is 1. The van der Waals surface area contributed by atoms with Crippen LogP contribution >= 0.6 is 0 Å². The van der Waals surface area contributed by atoms with E-state index in [1.807, 2.05) is 36.4 Å². The van der Waals surface area contributed by atoms with Gasteiger partial charge < -0.3 is 21.3 Å². The molecule has 7 nitrogen and oxygen atoms in total. The van der Waals surface area contributed by atoms with Crippen LogP contribution in [0.4, 0.5) is 21.5 Å². The summed E-state index contributed by atoms with van der Waals surface area (Å²) in [6.45, 7) is 6.09. The molecule has 232 valence electrons. The molecule has 0 radical (unpaired) electrons. The molecule has 0 aromatic heterocycles. The Morgan fingerprint density at radius 3 is 2.36 bits per heavy atom. The molecular weight excluding hydrogens is 555 g/mol. The molecule has 0 aliphatic heterocycles. The van der Waals surface area contributed by atoms with E-state index in [0.717, 1.165) is 62.0 Å². The summed E-state index contributed by atoms with van der Waals surface area (Å²) in [6.07, 6.45) is 9.21. The molecule has 1 atom stereocenters. The van der Waals surface area contributed by atoms with Crippen molar-refractivity contribution in [3.05, 3.63) is 94.8 Å². The van der Waals surface area contributed by atoms with E-state index in [-0.39, 0.29) is 29.3 Å². The van der Waals surface area contributed by atoms with E-state index < -0.39 is 5.82 Å². The topological polar surface area (TPSA) is 105 Å². The van der Waals surface area contributed by atoms with Gasteiger partial charge in [0.15, 0.2) is 5.78 Å². The van der Waals surface area contributed by atoms with E-state index >= 15 is 0 Å². The fourth-order valence-electron chi connectivity index (χ4n) is 5.62. The molecule has 1 aliphatic carbocycles. The SMILES string of the molecule is CCN(CC)c1ccc(C(=O)NC2CCc3cc(C=CC(=O)CCCCCCC(=O)Nc4ccc(F)cc4N)ccc32)cc1. The van der Waals surface area contributed by atoms with Crippen LogP contribution < -0.4 is 21.3 Å². The lowest BCUT2D eigenvalue weighted by Gasteiger charge is -2.21. The third-order valence-corrected chi connectivity index (χ3v) is 8.13. The highest BCUT2D eigenvalue weighted by atomic mass is 19.1. The third-order valence-electron chi connectivity index (χ3n) is 8.13. The van der Waals surface area contributed by atoms with Crippen molar-refractivity contribution in [2.75, 3.05) is 29.0 Å². The first-order valence-corrected chi connectivity index (χ1v) is 15.6. The molecule has 0 saturated heterocycles. The molecule has 44 heavy (non-hydrogen) atoms. The Morgan fingerprint density at radius 2 is 1.66 bits per heavy atom. The summed E-state index contributed by atoms with van der Waals surface area (Å²) in [5, 5.41) is 5.90. The molecule has 1 aliphatic rings. The number of ketones is 1. The van der Waals surface area contributed by atoms with Gasteiger partial charge in [0.2, 0.25) is 5.91 Å². The normalized spacial score (nSPS) is 13.9. The number of unbranched alkanes of at least 4 members (excludes halogenated alkanes) is 3. The smallest absolute Gasteiger partial charge is 0.251 e. The number of hydrogen-bond acceptors (Lipinski definition) is 5. The van der Waals surface area contributed by atoms with Gasteiger partial charge in [-0.2, -0.15) is 0 Å². The van der Waals surface area contributed by atoms with Crippen molar-refractivity contribution < 1.29 is 18.8 Å². The van der Waals surface area contributed by atoms with E-state index in [2.05, 4.69) is 41.5 Å². The number of halogens is 1. The van der Waals surface area contributed by atoms with Gasteiger partial charge in [-0.05, 0) is 105 Å². The van der Waals surface area contributed by atoms with E-state index in [4.69, 9.17) is 5.73 Å². The van der Waals surface area contributed by atoms with Gasteiger partial charge in [0.1, 0.15) is 5.82 Å². The third kappa shape index (κ3) is 9.02. The molecule has 0 saturated carbocycles. The molecule has 8 heteroatoms. The fraction of sp³-hybridized carbons (Fsp3) is 0.361. The summed E-state index contributed by atoms with van der Waals surface area (Å²) < 4.78 is 13.1. The van der Waals surface area contributed by atoms with Crippen LogP contribution in [0.1, 0.15) is 91.9 Å². The lowest BCUT2D eigenvalue weighted by molar-refractivity contribution is -0.116. The fourth-order valence-corrected chi connectivity index (χ4v) is 5.62. The lowest BCUT2D eigenvalue weighted by atomic mass is 10.0. The summed E-state index contributed by atoms with van der Waals surface area (Å²) in [7, 11) is 0. The zero-order valence-corrected chi connectivity index (χ0v) is 25.7. The van der Waals surface area contributed by atoms with Crippen LogP contribution in [0, 0.1) is 5.82 Å². The van der Waals surface area contributed by atoms with Gasteiger partial charge in [-0.1, -0.05) is 37.1 Å². The minimum absolute atomic E-state index is 0.0215. The van der Waals surface area contributed by atoms with E-state index in [1.54, 1.807) is 6.08 Å². The van der Waals surface area contributed by atoms with Crippen molar-refractivity contribution in [2.45, 2.75) is 71.3 Å². The number of hydrogen-bond donors (Lipinski definition) is 3.